The van der Waals surface area contributed by atoms with E-state index in [0.29, 0.717) is 10.7 Å². The molecule has 3 aromatic carbocycles. The van der Waals surface area contributed by atoms with Gasteiger partial charge in [-0.1, -0.05) is 23.2 Å². The van der Waals surface area contributed by atoms with Gasteiger partial charge in [-0.2, -0.15) is 0 Å². The summed E-state index contributed by atoms with van der Waals surface area (Å²) in [6.07, 6.45) is 0. The van der Waals surface area contributed by atoms with Crippen LogP contribution in [-0.2, 0) is 10.0 Å². The van der Waals surface area contributed by atoms with Gasteiger partial charge in [-0.3, -0.25) is 9.52 Å². The predicted molar refractivity (Wildman–Crippen MR) is 108 cm³/mol. The molecule has 3 aromatic rings. The Kier molecular flexibility index (Phi) is 5.88. The zero-order chi connectivity index (χ0) is 20.3. The van der Waals surface area contributed by atoms with Crippen LogP contribution in [0.25, 0.3) is 0 Å². The van der Waals surface area contributed by atoms with E-state index in [0.717, 1.165) is 24.3 Å². The van der Waals surface area contributed by atoms with Crippen LogP contribution in [0.4, 0.5) is 15.8 Å². The maximum Gasteiger partial charge on any atom is 0.261 e. The molecule has 9 heteroatoms. The summed E-state index contributed by atoms with van der Waals surface area (Å²) in [7, 11) is -4.03. The van der Waals surface area contributed by atoms with E-state index in [1.165, 1.54) is 18.2 Å². The van der Waals surface area contributed by atoms with E-state index in [-0.39, 0.29) is 21.2 Å². The van der Waals surface area contributed by atoms with Crippen LogP contribution in [0.1, 0.15) is 10.4 Å². The van der Waals surface area contributed by atoms with Gasteiger partial charge >= 0.3 is 0 Å². The fourth-order valence-corrected chi connectivity index (χ4v) is 3.72. The standard InChI is InChI=1S/C19H13Cl2FN2O3S/c20-12-1-6-15(7-2-12)23-19(25)17-11-13(21)3-10-18(17)24-28(26,27)16-8-4-14(22)5-9-16/h1-11,24H,(H,23,25). The third-order valence-electron chi connectivity index (χ3n) is 3.70. The van der Waals surface area contributed by atoms with Crippen molar-refractivity contribution in [3.63, 3.8) is 0 Å². The molecule has 28 heavy (non-hydrogen) atoms. The topological polar surface area (TPSA) is 75.3 Å². The number of rotatable bonds is 5. The summed E-state index contributed by atoms with van der Waals surface area (Å²) in [6.45, 7) is 0. The summed E-state index contributed by atoms with van der Waals surface area (Å²) in [4.78, 5) is 12.5. The summed E-state index contributed by atoms with van der Waals surface area (Å²) in [5.74, 6) is -1.13. The van der Waals surface area contributed by atoms with Gasteiger partial charge in [-0.15, -0.1) is 0 Å². The van der Waals surface area contributed by atoms with Crippen LogP contribution in [0.2, 0.25) is 10.0 Å². The van der Waals surface area contributed by atoms with E-state index >= 15 is 0 Å². The van der Waals surface area contributed by atoms with Crippen molar-refractivity contribution >= 4 is 50.5 Å². The lowest BCUT2D eigenvalue weighted by atomic mass is 10.1. The van der Waals surface area contributed by atoms with Crippen molar-refractivity contribution < 1.29 is 17.6 Å². The quantitative estimate of drug-likeness (QED) is 0.575. The van der Waals surface area contributed by atoms with Crippen LogP contribution in [0, 0.1) is 5.82 Å². The van der Waals surface area contributed by atoms with Crippen molar-refractivity contribution in [1.82, 2.24) is 0 Å². The smallest absolute Gasteiger partial charge is 0.261 e. The SMILES string of the molecule is O=C(Nc1ccc(Cl)cc1)c1cc(Cl)ccc1NS(=O)(=O)c1ccc(F)cc1. The van der Waals surface area contributed by atoms with Crippen LogP contribution in [0.5, 0.6) is 0 Å². The molecule has 0 aliphatic heterocycles. The van der Waals surface area contributed by atoms with Crippen molar-refractivity contribution in [2.75, 3.05) is 10.0 Å². The van der Waals surface area contributed by atoms with E-state index in [4.69, 9.17) is 23.2 Å². The lowest BCUT2D eigenvalue weighted by Gasteiger charge is -2.13. The van der Waals surface area contributed by atoms with Crippen molar-refractivity contribution in [3.05, 3.63) is 88.2 Å². The third-order valence-corrected chi connectivity index (χ3v) is 5.57. The van der Waals surface area contributed by atoms with Crippen molar-refractivity contribution in [2.45, 2.75) is 4.90 Å². The average Bonchev–Trinajstić information content (AvgIpc) is 2.65. The molecule has 2 N–H and O–H groups in total. The number of sulfonamides is 1. The second-order valence-corrected chi connectivity index (χ2v) is 8.27. The van der Waals surface area contributed by atoms with E-state index in [1.54, 1.807) is 24.3 Å². The highest BCUT2D eigenvalue weighted by Gasteiger charge is 2.19. The molecule has 0 bridgehead atoms. The highest BCUT2D eigenvalue weighted by Crippen LogP contribution is 2.25. The van der Waals surface area contributed by atoms with Crippen LogP contribution in [-0.4, -0.2) is 14.3 Å². The molecule has 0 spiro atoms. The Labute approximate surface area is 171 Å². The van der Waals surface area contributed by atoms with E-state index in [2.05, 4.69) is 10.0 Å². The van der Waals surface area contributed by atoms with Crippen LogP contribution >= 0.6 is 23.2 Å². The van der Waals surface area contributed by atoms with E-state index in [9.17, 15) is 17.6 Å². The van der Waals surface area contributed by atoms with Gasteiger partial charge in [0.1, 0.15) is 5.82 Å². The Bertz CT molecular complexity index is 1120. The molecular formula is C19H13Cl2FN2O3S. The number of hydrogen-bond acceptors (Lipinski definition) is 3. The molecule has 0 unspecified atom stereocenters. The molecule has 144 valence electrons. The molecule has 0 radical (unpaired) electrons. The molecule has 0 atom stereocenters. The maximum atomic E-state index is 13.1. The fraction of sp³-hybridized carbons (Fsp3) is 0. The first-order chi connectivity index (χ1) is 13.2. The lowest BCUT2D eigenvalue weighted by molar-refractivity contribution is 0.102. The van der Waals surface area contributed by atoms with Gasteiger partial charge in [0.2, 0.25) is 0 Å². The van der Waals surface area contributed by atoms with Gasteiger partial charge in [0.25, 0.3) is 15.9 Å². The number of benzene rings is 3. The highest BCUT2D eigenvalue weighted by atomic mass is 35.5. The van der Waals surface area contributed by atoms with Gasteiger partial charge in [-0.25, -0.2) is 12.8 Å². The minimum absolute atomic E-state index is 0.0214. The second kappa shape index (κ2) is 8.18. The number of halogens is 3. The van der Waals surface area contributed by atoms with Crippen LogP contribution in [0.15, 0.2) is 71.6 Å². The molecule has 0 saturated carbocycles. The first-order valence-electron chi connectivity index (χ1n) is 7.89. The fourth-order valence-electron chi connectivity index (χ4n) is 2.34. The third kappa shape index (κ3) is 4.81. The molecule has 5 nitrogen and oxygen atoms in total. The summed E-state index contributed by atoms with van der Waals surface area (Å²) in [5, 5.41) is 3.41. The maximum absolute atomic E-state index is 13.1. The first-order valence-corrected chi connectivity index (χ1v) is 10.1. The highest BCUT2D eigenvalue weighted by molar-refractivity contribution is 7.92. The lowest BCUT2D eigenvalue weighted by Crippen LogP contribution is -2.18. The Morgan fingerprint density at radius 2 is 1.46 bits per heavy atom. The van der Waals surface area contributed by atoms with Crippen molar-refractivity contribution in [1.29, 1.82) is 0 Å². The Morgan fingerprint density at radius 3 is 2.11 bits per heavy atom. The van der Waals surface area contributed by atoms with E-state index < -0.39 is 21.7 Å². The van der Waals surface area contributed by atoms with Gasteiger partial charge < -0.3 is 5.32 Å². The number of carbonyl (C=O) groups excluding carboxylic acids is 1. The normalized spacial score (nSPS) is 11.1. The average molecular weight is 439 g/mol. The predicted octanol–water partition coefficient (Wildman–Crippen LogP) is 5.19. The van der Waals surface area contributed by atoms with Gasteiger partial charge in [0.15, 0.2) is 0 Å². The monoisotopic (exact) mass is 438 g/mol. The zero-order valence-corrected chi connectivity index (χ0v) is 16.4. The minimum Gasteiger partial charge on any atom is -0.322 e. The molecule has 0 fully saturated rings. The molecule has 0 aliphatic carbocycles. The summed E-state index contributed by atoms with van der Waals surface area (Å²) in [6, 6.07) is 14.9. The molecule has 0 saturated heterocycles. The number of nitrogens with one attached hydrogen (secondary N) is 2. The van der Waals surface area contributed by atoms with Crippen molar-refractivity contribution in [2.24, 2.45) is 0 Å². The molecular weight excluding hydrogens is 426 g/mol. The van der Waals surface area contributed by atoms with E-state index in [1.807, 2.05) is 0 Å². The number of amides is 1. The molecule has 0 aliphatic rings. The summed E-state index contributed by atoms with van der Waals surface area (Å²) < 4.78 is 40.5. The Hall–Kier alpha value is -2.61. The van der Waals surface area contributed by atoms with Crippen LogP contribution in [0.3, 0.4) is 0 Å². The second-order valence-electron chi connectivity index (χ2n) is 5.71. The molecule has 0 heterocycles. The Balaban J connectivity index is 1.91. The van der Waals surface area contributed by atoms with Gasteiger partial charge in [0, 0.05) is 15.7 Å². The minimum atomic E-state index is -4.03. The van der Waals surface area contributed by atoms with Gasteiger partial charge in [0.05, 0.1) is 16.1 Å². The molecule has 0 aromatic heterocycles. The molecule has 1 amide bonds. The first kappa shape index (κ1) is 20.1. The molecule has 3 rings (SSSR count). The number of hydrogen-bond donors (Lipinski definition) is 2. The Morgan fingerprint density at radius 1 is 0.857 bits per heavy atom. The van der Waals surface area contributed by atoms with Crippen LogP contribution < -0.4 is 10.0 Å². The number of anilines is 2. The van der Waals surface area contributed by atoms with Gasteiger partial charge in [-0.05, 0) is 66.7 Å². The zero-order valence-electron chi connectivity index (χ0n) is 14.1. The largest absolute Gasteiger partial charge is 0.322 e. The number of carbonyl (C=O) groups is 1. The van der Waals surface area contributed by atoms with Crippen molar-refractivity contribution in [3.8, 4) is 0 Å². The summed E-state index contributed by atoms with van der Waals surface area (Å²) >= 11 is 11.8. The summed E-state index contributed by atoms with van der Waals surface area (Å²) in [5.41, 5.74) is 0.523.